The number of nitrogens with one attached hydrogen (secondary N) is 2. The van der Waals surface area contributed by atoms with Crippen molar-refractivity contribution in [2.45, 2.75) is 44.8 Å². The van der Waals surface area contributed by atoms with E-state index in [0.717, 1.165) is 30.4 Å². The molecule has 0 saturated carbocycles. The molecular formula is C16H20F2N2O4. The Bertz CT molecular complexity index is 595. The number of carbonyl (C=O) groups excluding carboxylic acids is 1. The van der Waals surface area contributed by atoms with Gasteiger partial charge in [0.25, 0.3) is 0 Å². The van der Waals surface area contributed by atoms with Gasteiger partial charge in [-0.3, -0.25) is 4.79 Å². The van der Waals surface area contributed by atoms with E-state index in [9.17, 15) is 18.4 Å². The molecule has 2 rings (SSSR count). The van der Waals surface area contributed by atoms with Crippen LogP contribution in [0.15, 0.2) is 18.2 Å². The molecule has 0 spiro atoms. The van der Waals surface area contributed by atoms with E-state index in [1.54, 1.807) is 12.1 Å². The number of hydrogen-bond donors (Lipinski definition) is 3. The molecule has 8 heteroatoms. The van der Waals surface area contributed by atoms with Crippen molar-refractivity contribution in [2.24, 2.45) is 0 Å². The molecule has 24 heavy (non-hydrogen) atoms. The molecule has 1 aliphatic rings. The zero-order valence-electron chi connectivity index (χ0n) is 13.1. The van der Waals surface area contributed by atoms with Crippen LogP contribution < -0.4 is 15.4 Å². The highest BCUT2D eigenvalue weighted by atomic mass is 19.3. The zero-order chi connectivity index (χ0) is 17.5. The van der Waals surface area contributed by atoms with E-state index in [0.29, 0.717) is 6.42 Å². The molecule has 132 valence electrons. The normalized spacial score (nSPS) is 16.4. The SMILES string of the molecule is O=C(O)CCCNC(=O)NC1CCCc2cc(OC(F)F)ccc21. The number of aryl methyl sites for hydroxylation is 1. The van der Waals surface area contributed by atoms with Crippen LogP contribution in [0.3, 0.4) is 0 Å². The predicted octanol–water partition coefficient (Wildman–Crippen LogP) is 2.83. The fourth-order valence-electron chi connectivity index (χ4n) is 2.77. The van der Waals surface area contributed by atoms with Crippen LogP contribution in [0.5, 0.6) is 5.75 Å². The Hall–Kier alpha value is -2.38. The minimum Gasteiger partial charge on any atom is -0.481 e. The monoisotopic (exact) mass is 342 g/mol. The summed E-state index contributed by atoms with van der Waals surface area (Å²) in [6.45, 7) is -2.59. The number of aliphatic carboxylic acids is 1. The Morgan fingerprint density at radius 2 is 2.17 bits per heavy atom. The number of carboxylic acid groups (broad SMARTS) is 1. The van der Waals surface area contributed by atoms with Gasteiger partial charge in [0.15, 0.2) is 0 Å². The summed E-state index contributed by atoms with van der Waals surface area (Å²) >= 11 is 0. The molecule has 0 bridgehead atoms. The number of carbonyl (C=O) groups is 2. The van der Waals surface area contributed by atoms with E-state index in [-0.39, 0.29) is 30.8 Å². The number of benzene rings is 1. The highest BCUT2D eigenvalue weighted by molar-refractivity contribution is 5.74. The van der Waals surface area contributed by atoms with E-state index in [2.05, 4.69) is 15.4 Å². The molecule has 1 aromatic carbocycles. The Labute approximate surface area is 138 Å². The van der Waals surface area contributed by atoms with Crippen LogP contribution >= 0.6 is 0 Å². The van der Waals surface area contributed by atoms with Crippen molar-refractivity contribution >= 4 is 12.0 Å². The predicted molar refractivity (Wildman–Crippen MR) is 82.2 cm³/mol. The summed E-state index contributed by atoms with van der Waals surface area (Å²) in [5.74, 6) is -0.789. The molecule has 6 nitrogen and oxygen atoms in total. The van der Waals surface area contributed by atoms with Crippen molar-refractivity contribution in [3.05, 3.63) is 29.3 Å². The lowest BCUT2D eigenvalue weighted by atomic mass is 9.87. The quantitative estimate of drug-likeness (QED) is 0.665. The lowest BCUT2D eigenvalue weighted by Gasteiger charge is -2.27. The van der Waals surface area contributed by atoms with Crippen LogP contribution in [0.1, 0.15) is 42.9 Å². The molecule has 1 aliphatic carbocycles. The number of fused-ring (bicyclic) bond motifs is 1. The van der Waals surface area contributed by atoms with Gasteiger partial charge in [-0.15, -0.1) is 0 Å². The Morgan fingerprint density at radius 1 is 1.38 bits per heavy atom. The first kappa shape index (κ1) is 18.0. The number of alkyl halides is 2. The molecule has 2 amide bonds. The van der Waals surface area contributed by atoms with Crippen LogP contribution in [0, 0.1) is 0 Å². The Morgan fingerprint density at radius 3 is 2.88 bits per heavy atom. The second-order valence-electron chi connectivity index (χ2n) is 5.58. The van der Waals surface area contributed by atoms with Crippen molar-refractivity contribution in [3.63, 3.8) is 0 Å². The lowest BCUT2D eigenvalue weighted by molar-refractivity contribution is -0.137. The maximum atomic E-state index is 12.3. The van der Waals surface area contributed by atoms with E-state index < -0.39 is 12.6 Å². The van der Waals surface area contributed by atoms with E-state index in [1.165, 1.54) is 6.07 Å². The van der Waals surface area contributed by atoms with Gasteiger partial charge < -0.3 is 20.5 Å². The summed E-state index contributed by atoms with van der Waals surface area (Å²) in [4.78, 5) is 22.3. The van der Waals surface area contributed by atoms with Crippen molar-refractivity contribution in [1.82, 2.24) is 10.6 Å². The van der Waals surface area contributed by atoms with Crippen molar-refractivity contribution in [3.8, 4) is 5.75 Å². The standard InChI is InChI=1S/C16H20F2N2O4/c17-15(18)24-11-6-7-12-10(9-11)3-1-4-13(12)20-16(23)19-8-2-5-14(21)22/h6-7,9,13,15H,1-5,8H2,(H,21,22)(H2,19,20,23). The molecule has 3 N–H and O–H groups in total. The fourth-order valence-corrected chi connectivity index (χ4v) is 2.77. The topological polar surface area (TPSA) is 87.7 Å². The highest BCUT2D eigenvalue weighted by Crippen LogP contribution is 2.32. The number of rotatable bonds is 7. The molecule has 1 unspecified atom stereocenters. The smallest absolute Gasteiger partial charge is 0.387 e. The first-order valence-corrected chi connectivity index (χ1v) is 7.79. The highest BCUT2D eigenvalue weighted by Gasteiger charge is 2.22. The minimum absolute atomic E-state index is 0.000540. The average Bonchev–Trinajstić information content (AvgIpc) is 2.51. The maximum Gasteiger partial charge on any atom is 0.387 e. The van der Waals surface area contributed by atoms with Gasteiger partial charge in [-0.1, -0.05) is 6.07 Å². The molecule has 0 fully saturated rings. The number of hydrogen-bond acceptors (Lipinski definition) is 3. The van der Waals surface area contributed by atoms with Crippen molar-refractivity contribution < 1.29 is 28.2 Å². The molecule has 0 saturated heterocycles. The van der Waals surface area contributed by atoms with Gasteiger partial charge in [0.1, 0.15) is 5.75 Å². The molecule has 0 radical (unpaired) electrons. The van der Waals surface area contributed by atoms with Gasteiger partial charge in [0.2, 0.25) is 0 Å². The Balaban J connectivity index is 1.91. The van der Waals surface area contributed by atoms with E-state index in [4.69, 9.17) is 5.11 Å². The summed E-state index contributed by atoms with van der Waals surface area (Å²) < 4.78 is 28.9. The fraction of sp³-hybridized carbons (Fsp3) is 0.500. The molecular weight excluding hydrogens is 322 g/mol. The molecule has 0 aliphatic heterocycles. The summed E-state index contributed by atoms with van der Waals surface area (Å²) in [6, 6.07) is 4.18. The number of amides is 2. The third kappa shape index (κ3) is 5.36. The number of urea groups is 1. The second-order valence-corrected chi connectivity index (χ2v) is 5.58. The van der Waals surface area contributed by atoms with Crippen molar-refractivity contribution in [2.75, 3.05) is 6.54 Å². The van der Waals surface area contributed by atoms with Crippen molar-refractivity contribution in [1.29, 1.82) is 0 Å². The first-order valence-electron chi connectivity index (χ1n) is 7.79. The van der Waals surface area contributed by atoms with Crippen LogP contribution in [-0.4, -0.2) is 30.3 Å². The van der Waals surface area contributed by atoms with E-state index in [1.807, 2.05) is 0 Å². The van der Waals surface area contributed by atoms with E-state index >= 15 is 0 Å². The third-order valence-corrected chi connectivity index (χ3v) is 3.81. The summed E-state index contributed by atoms with van der Waals surface area (Å²) in [6.07, 6.45) is 2.69. The first-order chi connectivity index (χ1) is 11.5. The largest absolute Gasteiger partial charge is 0.481 e. The van der Waals surface area contributed by atoms with Gasteiger partial charge >= 0.3 is 18.6 Å². The molecule has 0 heterocycles. The van der Waals surface area contributed by atoms with Gasteiger partial charge in [0, 0.05) is 13.0 Å². The summed E-state index contributed by atoms with van der Waals surface area (Å²) in [7, 11) is 0. The lowest BCUT2D eigenvalue weighted by Crippen LogP contribution is -2.39. The summed E-state index contributed by atoms with van der Waals surface area (Å²) in [5, 5.41) is 14.0. The van der Waals surface area contributed by atoms with Crippen LogP contribution in [0.2, 0.25) is 0 Å². The number of carboxylic acids is 1. The van der Waals surface area contributed by atoms with Gasteiger partial charge in [-0.25, -0.2) is 4.79 Å². The van der Waals surface area contributed by atoms with Crippen LogP contribution in [0.25, 0.3) is 0 Å². The van der Waals surface area contributed by atoms with Crippen LogP contribution in [0.4, 0.5) is 13.6 Å². The van der Waals surface area contributed by atoms with Crippen LogP contribution in [-0.2, 0) is 11.2 Å². The van der Waals surface area contributed by atoms with Gasteiger partial charge in [-0.05, 0) is 48.9 Å². The average molecular weight is 342 g/mol. The third-order valence-electron chi connectivity index (χ3n) is 3.81. The Kier molecular flexibility index (Phi) is 6.34. The minimum atomic E-state index is -2.86. The maximum absolute atomic E-state index is 12.3. The summed E-state index contributed by atoms with van der Waals surface area (Å²) in [5.41, 5.74) is 1.78. The molecule has 1 atom stereocenters. The zero-order valence-corrected chi connectivity index (χ0v) is 13.1. The molecule has 0 aromatic heterocycles. The molecule has 1 aromatic rings. The number of halogens is 2. The number of ether oxygens (including phenoxy) is 1. The van der Waals surface area contributed by atoms with Gasteiger partial charge in [0.05, 0.1) is 6.04 Å². The van der Waals surface area contributed by atoms with Gasteiger partial charge in [-0.2, -0.15) is 8.78 Å². The second kappa shape index (κ2) is 8.47.